The Bertz CT molecular complexity index is 1050. The standard InChI is InChI=1S/C32H58N2O7S/c1-21(8-11-29(38)33-14-6-15-34(4,5)16-7-17-42(39,40)41)24-9-10-25-30-26(20-28(37)32(24,25)3)31(2)13-12-23(35)18-22(31)19-27(30)36/h21-28,30,35-37H,6-20H2,1-5H3,(H-,33,38,39,40,41)/t21-,22?,23-,24-,25?,26?,27?,28+,30?,31+,32-/m1/s1. The van der Waals surface area contributed by atoms with Gasteiger partial charge in [0.1, 0.15) is 0 Å². The lowest BCUT2D eigenvalue weighted by atomic mass is 9.43. The van der Waals surface area contributed by atoms with Gasteiger partial charge in [0.25, 0.3) is 0 Å². The highest BCUT2D eigenvalue weighted by molar-refractivity contribution is 7.85. The summed E-state index contributed by atoms with van der Waals surface area (Å²) in [5, 5.41) is 36.6. The van der Waals surface area contributed by atoms with Gasteiger partial charge >= 0.3 is 0 Å². The predicted octanol–water partition coefficient (Wildman–Crippen LogP) is 2.88. The molecule has 0 aromatic heterocycles. The molecule has 0 aromatic carbocycles. The Morgan fingerprint density at radius 3 is 2.40 bits per heavy atom. The van der Waals surface area contributed by atoms with Crippen LogP contribution in [-0.2, 0) is 14.9 Å². The molecule has 0 heterocycles. The molecule has 42 heavy (non-hydrogen) atoms. The molecule has 9 nitrogen and oxygen atoms in total. The molecule has 4 fully saturated rings. The van der Waals surface area contributed by atoms with Crippen LogP contribution in [0.15, 0.2) is 0 Å². The lowest BCUT2D eigenvalue weighted by molar-refractivity contribution is -0.890. The molecule has 4 saturated carbocycles. The van der Waals surface area contributed by atoms with E-state index in [9.17, 15) is 33.1 Å². The first-order valence-corrected chi connectivity index (χ1v) is 18.1. The topological polar surface area (TPSA) is 147 Å². The van der Waals surface area contributed by atoms with Crippen LogP contribution in [0.4, 0.5) is 0 Å². The van der Waals surface area contributed by atoms with E-state index < -0.39 is 16.2 Å². The highest BCUT2D eigenvalue weighted by Gasteiger charge is 2.65. The van der Waals surface area contributed by atoms with Gasteiger partial charge in [0, 0.05) is 31.6 Å². The number of rotatable bonds is 12. The smallest absolute Gasteiger partial charge is 0.220 e. The van der Waals surface area contributed by atoms with E-state index in [0.29, 0.717) is 48.2 Å². The van der Waals surface area contributed by atoms with E-state index in [1.54, 1.807) is 0 Å². The van der Waals surface area contributed by atoms with Crippen molar-refractivity contribution in [2.45, 2.75) is 110 Å². The van der Waals surface area contributed by atoms with Gasteiger partial charge in [-0.1, -0.05) is 20.8 Å². The average Bonchev–Trinajstić information content (AvgIpc) is 3.24. The van der Waals surface area contributed by atoms with Crippen molar-refractivity contribution >= 4 is 16.0 Å². The highest BCUT2D eigenvalue weighted by atomic mass is 32.2. The maximum atomic E-state index is 12.7. The van der Waals surface area contributed by atoms with Crippen LogP contribution in [-0.4, -0.2) is 96.5 Å². The molecular weight excluding hydrogens is 556 g/mol. The van der Waals surface area contributed by atoms with Gasteiger partial charge < -0.3 is 29.7 Å². The molecule has 4 aliphatic rings. The van der Waals surface area contributed by atoms with Crippen molar-refractivity contribution in [3.8, 4) is 0 Å². The number of hydrogen-bond acceptors (Lipinski definition) is 7. The van der Waals surface area contributed by atoms with Crippen molar-refractivity contribution in [3.05, 3.63) is 0 Å². The molecule has 4 rings (SSSR count). The van der Waals surface area contributed by atoms with E-state index in [1.165, 1.54) is 0 Å². The number of hydrogen-bond donors (Lipinski definition) is 4. The van der Waals surface area contributed by atoms with E-state index in [2.05, 4.69) is 26.1 Å². The van der Waals surface area contributed by atoms with Gasteiger partial charge in [-0.25, -0.2) is 8.42 Å². The third-order valence-electron chi connectivity index (χ3n) is 12.8. The van der Waals surface area contributed by atoms with Crippen LogP contribution in [0.3, 0.4) is 0 Å². The summed E-state index contributed by atoms with van der Waals surface area (Å²) in [6.45, 7) is 8.78. The van der Waals surface area contributed by atoms with Gasteiger partial charge in [-0.3, -0.25) is 4.79 Å². The molecule has 4 N–H and O–H groups in total. The van der Waals surface area contributed by atoms with Crippen molar-refractivity contribution in [2.75, 3.05) is 39.5 Å². The van der Waals surface area contributed by atoms with Gasteiger partial charge in [0.2, 0.25) is 5.91 Å². The second kappa shape index (κ2) is 12.9. The molecule has 0 bridgehead atoms. The number of carbonyl (C=O) groups is 1. The minimum Gasteiger partial charge on any atom is -0.748 e. The molecule has 1 amide bonds. The van der Waals surface area contributed by atoms with E-state index in [4.69, 9.17) is 0 Å². The van der Waals surface area contributed by atoms with Crippen molar-refractivity contribution in [2.24, 2.45) is 46.3 Å². The first kappa shape index (κ1) is 34.1. The van der Waals surface area contributed by atoms with Crippen LogP contribution in [0.2, 0.25) is 0 Å². The molecule has 0 aliphatic heterocycles. The number of amides is 1. The summed E-state index contributed by atoms with van der Waals surface area (Å²) >= 11 is 0. The molecule has 10 heteroatoms. The van der Waals surface area contributed by atoms with Gasteiger partial charge in [-0.05, 0) is 97.7 Å². The van der Waals surface area contributed by atoms with Crippen molar-refractivity contribution in [3.63, 3.8) is 0 Å². The summed E-state index contributed by atoms with van der Waals surface area (Å²) in [7, 11) is -0.177. The Labute approximate surface area is 254 Å². The molecule has 11 atom stereocenters. The number of carbonyl (C=O) groups excluding carboxylic acids is 1. The lowest BCUT2D eigenvalue weighted by Gasteiger charge is -2.63. The Morgan fingerprint density at radius 2 is 1.71 bits per heavy atom. The second-order valence-corrected chi connectivity index (χ2v) is 17.3. The molecular formula is C32H58N2O7S. The fourth-order valence-corrected chi connectivity index (χ4v) is 10.8. The first-order chi connectivity index (χ1) is 19.5. The Kier molecular flexibility index (Phi) is 10.5. The van der Waals surface area contributed by atoms with E-state index in [0.717, 1.165) is 64.3 Å². The fraction of sp³-hybridized carbons (Fsp3) is 0.969. The monoisotopic (exact) mass is 614 g/mol. The van der Waals surface area contributed by atoms with Crippen molar-refractivity contribution in [1.29, 1.82) is 0 Å². The highest BCUT2D eigenvalue weighted by Crippen LogP contribution is 2.68. The van der Waals surface area contributed by atoms with Crippen LogP contribution in [0.5, 0.6) is 0 Å². The number of aliphatic hydroxyl groups excluding tert-OH is 3. The molecule has 0 radical (unpaired) electrons. The Balaban J connectivity index is 1.27. The van der Waals surface area contributed by atoms with Crippen LogP contribution < -0.4 is 5.32 Å². The van der Waals surface area contributed by atoms with E-state index in [-0.39, 0.29) is 52.5 Å². The Morgan fingerprint density at radius 1 is 1.02 bits per heavy atom. The van der Waals surface area contributed by atoms with Gasteiger partial charge in [0.15, 0.2) is 0 Å². The second-order valence-electron chi connectivity index (χ2n) is 15.7. The third kappa shape index (κ3) is 7.20. The summed E-state index contributed by atoms with van der Waals surface area (Å²) in [5.74, 6) is 1.38. The van der Waals surface area contributed by atoms with Crippen LogP contribution >= 0.6 is 0 Å². The summed E-state index contributed by atoms with van der Waals surface area (Å²) in [5.41, 5.74) is -0.191. The number of nitrogens with zero attached hydrogens (tertiary/aromatic N) is 1. The summed E-state index contributed by atoms with van der Waals surface area (Å²) in [6.07, 6.45) is 7.35. The predicted molar refractivity (Wildman–Crippen MR) is 161 cm³/mol. The van der Waals surface area contributed by atoms with E-state index >= 15 is 0 Å². The SMILES string of the molecule is C[C@H](CCC(=O)NCCC[N+](C)(C)CCCS(=O)(=O)[O-])[C@H]1CCC2C3C(O)CC4C[C@H](O)CC[C@]4(C)C3C[C@H](O)[C@@]21C. The van der Waals surface area contributed by atoms with Crippen molar-refractivity contribution < 1.29 is 37.6 Å². The summed E-state index contributed by atoms with van der Waals surface area (Å²) in [6, 6.07) is 0. The normalized spacial score (nSPS) is 41.0. The third-order valence-corrected chi connectivity index (χ3v) is 13.6. The number of aliphatic hydroxyl groups is 3. The van der Waals surface area contributed by atoms with Gasteiger partial charge in [-0.15, -0.1) is 0 Å². The molecule has 4 aliphatic carbocycles. The molecule has 244 valence electrons. The Hall–Kier alpha value is -0.780. The number of nitrogens with one attached hydrogen (secondary N) is 1. The molecule has 0 aromatic rings. The summed E-state index contributed by atoms with van der Waals surface area (Å²) < 4.78 is 33.1. The molecule has 0 spiro atoms. The molecule has 5 unspecified atom stereocenters. The maximum Gasteiger partial charge on any atom is 0.220 e. The zero-order chi connectivity index (χ0) is 31.1. The molecule has 0 saturated heterocycles. The zero-order valence-corrected chi connectivity index (χ0v) is 27.4. The average molecular weight is 615 g/mol. The lowest BCUT2D eigenvalue weighted by Crippen LogP contribution is -2.62. The first-order valence-electron chi connectivity index (χ1n) is 16.5. The van der Waals surface area contributed by atoms with Crippen LogP contribution in [0.25, 0.3) is 0 Å². The fourth-order valence-electron chi connectivity index (χ4n) is 10.3. The van der Waals surface area contributed by atoms with Crippen LogP contribution in [0, 0.1) is 46.3 Å². The maximum absolute atomic E-state index is 12.7. The number of fused-ring (bicyclic) bond motifs is 5. The number of quaternary nitrogens is 1. The van der Waals surface area contributed by atoms with Gasteiger partial charge in [0.05, 0.1) is 55.6 Å². The summed E-state index contributed by atoms with van der Waals surface area (Å²) in [4.78, 5) is 12.7. The van der Waals surface area contributed by atoms with Crippen molar-refractivity contribution in [1.82, 2.24) is 5.32 Å². The largest absolute Gasteiger partial charge is 0.748 e. The van der Waals surface area contributed by atoms with Crippen LogP contribution in [0.1, 0.15) is 91.4 Å². The van der Waals surface area contributed by atoms with E-state index in [1.807, 2.05) is 14.1 Å². The zero-order valence-electron chi connectivity index (χ0n) is 26.6. The minimum absolute atomic E-state index is 0.0368. The minimum atomic E-state index is -4.18. The van der Waals surface area contributed by atoms with Gasteiger partial charge in [-0.2, -0.15) is 0 Å². The quantitative estimate of drug-likeness (QED) is 0.150.